The number of pyridine rings is 1. The summed E-state index contributed by atoms with van der Waals surface area (Å²) in [6.45, 7) is 9.76. The Morgan fingerprint density at radius 1 is 1.14 bits per heavy atom. The number of nitrogens with one attached hydrogen (secondary N) is 2. The van der Waals surface area contributed by atoms with Crippen molar-refractivity contribution >= 4 is 40.3 Å². The van der Waals surface area contributed by atoms with Gasteiger partial charge in [-0.05, 0) is 39.0 Å². The molecule has 1 fully saturated rings. The third-order valence-electron chi connectivity index (χ3n) is 6.01. The third-order valence-corrected chi connectivity index (χ3v) is 6.01. The maximum absolute atomic E-state index is 10.8. The van der Waals surface area contributed by atoms with Crippen LogP contribution in [0.15, 0.2) is 24.4 Å². The zero-order valence-corrected chi connectivity index (χ0v) is 21.1. The van der Waals surface area contributed by atoms with Crippen molar-refractivity contribution < 1.29 is 14.6 Å². The summed E-state index contributed by atoms with van der Waals surface area (Å²) in [4.78, 5) is 29.0. The number of aromatic nitrogens is 5. The highest BCUT2D eigenvalue weighted by atomic mass is 16.5. The lowest BCUT2D eigenvalue weighted by molar-refractivity contribution is -0.137. The predicted octanol–water partition coefficient (Wildman–Crippen LogP) is 2.68. The van der Waals surface area contributed by atoms with Crippen LogP contribution in [0, 0.1) is 0 Å². The fraction of sp³-hybridized carbons (Fsp3) is 0.500. The van der Waals surface area contributed by atoms with Gasteiger partial charge in [0, 0.05) is 57.5 Å². The van der Waals surface area contributed by atoms with E-state index in [-0.39, 0.29) is 18.6 Å². The van der Waals surface area contributed by atoms with Crippen LogP contribution in [-0.2, 0) is 9.53 Å². The molecule has 36 heavy (non-hydrogen) atoms. The summed E-state index contributed by atoms with van der Waals surface area (Å²) in [5.74, 6) is 1.63. The van der Waals surface area contributed by atoms with Crippen LogP contribution >= 0.6 is 0 Å². The molecule has 0 bridgehead atoms. The van der Waals surface area contributed by atoms with E-state index in [9.17, 15) is 4.79 Å². The Bertz CT molecular complexity index is 1180. The molecular formula is C24H33N9O3. The van der Waals surface area contributed by atoms with Crippen LogP contribution in [0.2, 0.25) is 0 Å². The Kier molecular flexibility index (Phi) is 8.06. The van der Waals surface area contributed by atoms with Gasteiger partial charge in [0.1, 0.15) is 5.52 Å². The van der Waals surface area contributed by atoms with Gasteiger partial charge in [-0.15, -0.1) is 10.2 Å². The van der Waals surface area contributed by atoms with E-state index >= 15 is 0 Å². The molecule has 0 saturated carbocycles. The van der Waals surface area contributed by atoms with Gasteiger partial charge in [-0.1, -0.05) is 0 Å². The smallest absolute Gasteiger partial charge is 0.304 e. The third kappa shape index (κ3) is 6.32. The van der Waals surface area contributed by atoms with Crippen LogP contribution in [0.3, 0.4) is 0 Å². The van der Waals surface area contributed by atoms with Crippen molar-refractivity contribution in [2.24, 2.45) is 0 Å². The van der Waals surface area contributed by atoms with Crippen molar-refractivity contribution in [1.29, 1.82) is 0 Å². The van der Waals surface area contributed by atoms with E-state index in [1.165, 1.54) is 0 Å². The van der Waals surface area contributed by atoms with E-state index < -0.39 is 5.97 Å². The van der Waals surface area contributed by atoms with E-state index in [2.05, 4.69) is 40.6 Å². The largest absolute Gasteiger partial charge is 0.481 e. The summed E-state index contributed by atoms with van der Waals surface area (Å²) in [5.41, 5.74) is 1.51. The molecule has 1 aliphatic heterocycles. The van der Waals surface area contributed by atoms with Crippen molar-refractivity contribution in [2.75, 3.05) is 55.4 Å². The molecule has 192 valence electrons. The zero-order valence-electron chi connectivity index (χ0n) is 21.1. The molecular weight excluding hydrogens is 462 g/mol. The van der Waals surface area contributed by atoms with E-state index in [4.69, 9.17) is 14.8 Å². The van der Waals surface area contributed by atoms with Gasteiger partial charge in [-0.3, -0.25) is 9.69 Å². The Labute approximate surface area is 210 Å². The number of aliphatic carboxylic acids is 1. The van der Waals surface area contributed by atoms with E-state index in [0.717, 1.165) is 43.1 Å². The Hall–Kier alpha value is -3.64. The molecule has 3 aromatic heterocycles. The standard InChI is InChI=1S/C24H33N9O3/c1-15(2)26-23-22-17(13-18(27-23)16(3)36-4)14-25-24(29-22)28-19-5-6-20(31-30-19)33-11-9-32(10-12-33)8-7-21(34)35/h5-6,13-16H,7-12H2,1-4H3,(H,26,27)(H,34,35)(H,25,28,29,30)/t16-/m1/s1. The minimum absolute atomic E-state index is 0.151. The molecule has 12 heteroatoms. The second kappa shape index (κ2) is 11.4. The maximum atomic E-state index is 10.8. The first-order valence-electron chi connectivity index (χ1n) is 12.1. The van der Waals surface area contributed by atoms with Crippen LogP contribution in [0.25, 0.3) is 10.9 Å². The van der Waals surface area contributed by atoms with Gasteiger partial charge >= 0.3 is 5.97 Å². The van der Waals surface area contributed by atoms with Crippen molar-refractivity contribution in [3.8, 4) is 0 Å². The average molecular weight is 496 g/mol. The fourth-order valence-corrected chi connectivity index (χ4v) is 3.95. The number of nitrogens with zero attached hydrogens (tertiary/aromatic N) is 7. The number of carboxylic acid groups (broad SMARTS) is 1. The molecule has 4 rings (SSSR count). The van der Waals surface area contributed by atoms with Crippen LogP contribution in [0.1, 0.15) is 39.0 Å². The molecule has 0 spiro atoms. The minimum atomic E-state index is -0.768. The summed E-state index contributed by atoms with van der Waals surface area (Å²) < 4.78 is 5.44. The van der Waals surface area contributed by atoms with Crippen molar-refractivity contribution in [2.45, 2.75) is 39.3 Å². The molecule has 3 N–H and O–H groups in total. The Morgan fingerprint density at radius 2 is 1.92 bits per heavy atom. The first-order chi connectivity index (χ1) is 17.3. The predicted molar refractivity (Wildman–Crippen MR) is 138 cm³/mol. The average Bonchev–Trinajstić information content (AvgIpc) is 2.87. The minimum Gasteiger partial charge on any atom is -0.481 e. The number of ether oxygens (including phenoxy) is 1. The molecule has 3 aromatic rings. The number of anilines is 4. The van der Waals surface area contributed by atoms with E-state index in [1.54, 1.807) is 13.3 Å². The summed E-state index contributed by atoms with van der Waals surface area (Å²) >= 11 is 0. The Balaban J connectivity index is 1.45. The number of carboxylic acids is 1. The highest BCUT2D eigenvalue weighted by Gasteiger charge is 2.19. The molecule has 0 radical (unpaired) electrons. The second-order valence-electron chi connectivity index (χ2n) is 9.08. The molecule has 1 saturated heterocycles. The molecule has 1 atom stereocenters. The lowest BCUT2D eigenvalue weighted by Gasteiger charge is -2.34. The van der Waals surface area contributed by atoms with E-state index in [1.807, 2.05) is 39.0 Å². The number of hydrogen-bond donors (Lipinski definition) is 3. The number of hydrogen-bond acceptors (Lipinski definition) is 11. The molecule has 0 unspecified atom stereocenters. The first kappa shape index (κ1) is 25.5. The van der Waals surface area contributed by atoms with Gasteiger partial charge < -0.3 is 25.4 Å². The summed E-state index contributed by atoms with van der Waals surface area (Å²) in [7, 11) is 1.66. The van der Waals surface area contributed by atoms with Gasteiger partial charge in [0.15, 0.2) is 17.5 Å². The molecule has 0 aromatic carbocycles. The first-order valence-corrected chi connectivity index (χ1v) is 12.1. The van der Waals surface area contributed by atoms with E-state index in [0.29, 0.717) is 29.6 Å². The highest BCUT2D eigenvalue weighted by molar-refractivity contribution is 5.89. The number of piperazine rings is 1. The van der Waals surface area contributed by atoms with Gasteiger partial charge in [0.05, 0.1) is 18.2 Å². The van der Waals surface area contributed by atoms with Crippen molar-refractivity contribution in [3.05, 3.63) is 30.1 Å². The monoisotopic (exact) mass is 495 g/mol. The Morgan fingerprint density at radius 3 is 2.56 bits per heavy atom. The summed E-state index contributed by atoms with van der Waals surface area (Å²) in [6, 6.07) is 5.88. The SMILES string of the molecule is CO[C@H](C)c1cc2cnc(Nc3ccc(N4CCN(CCC(=O)O)CC4)nn3)nc2c(NC(C)C)n1. The van der Waals surface area contributed by atoms with Crippen molar-refractivity contribution in [1.82, 2.24) is 30.0 Å². The summed E-state index contributed by atoms with van der Waals surface area (Å²) in [5, 5.41) is 24.9. The quantitative estimate of drug-likeness (QED) is 0.381. The van der Waals surface area contributed by atoms with Crippen LogP contribution in [0.5, 0.6) is 0 Å². The van der Waals surface area contributed by atoms with Crippen LogP contribution < -0.4 is 15.5 Å². The molecule has 0 aliphatic carbocycles. The normalized spacial score (nSPS) is 15.3. The topological polar surface area (TPSA) is 142 Å². The number of rotatable bonds is 10. The number of carbonyl (C=O) groups is 1. The van der Waals surface area contributed by atoms with Gasteiger partial charge in [-0.2, -0.15) is 0 Å². The van der Waals surface area contributed by atoms with Crippen LogP contribution in [-0.4, -0.2) is 87.0 Å². The van der Waals surface area contributed by atoms with Gasteiger partial charge in [-0.25, -0.2) is 15.0 Å². The number of methoxy groups -OCH3 is 1. The van der Waals surface area contributed by atoms with Gasteiger partial charge in [0.25, 0.3) is 0 Å². The molecule has 4 heterocycles. The second-order valence-corrected chi connectivity index (χ2v) is 9.08. The lowest BCUT2D eigenvalue weighted by Crippen LogP contribution is -2.47. The molecule has 1 aliphatic rings. The number of fused-ring (bicyclic) bond motifs is 1. The zero-order chi connectivity index (χ0) is 25.7. The van der Waals surface area contributed by atoms with Crippen molar-refractivity contribution in [3.63, 3.8) is 0 Å². The highest BCUT2D eigenvalue weighted by Crippen LogP contribution is 2.26. The molecule has 12 nitrogen and oxygen atoms in total. The fourth-order valence-electron chi connectivity index (χ4n) is 3.95. The van der Waals surface area contributed by atoms with Crippen LogP contribution in [0.4, 0.5) is 23.4 Å². The summed E-state index contributed by atoms with van der Waals surface area (Å²) in [6.07, 6.45) is 1.77. The van der Waals surface area contributed by atoms with Gasteiger partial charge in [0.2, 0.25) is 5.95 Å². The lowest BCUT2D eigenvalue weighted by atomic mass is 10.2. The maximum Gasteiger partial charge on any atom is 0.304 e. The molecule has 0 amide bonds.